The van der Waals surface area contributed by atoms with Crippen molar-refractivity contribution < 1.29 is 9.47 Å². The Bertz CT molecular complexity index is 615. The van der Waals surface area contributed by atoms with E-state index in [9.17, 15) is 0 Å². The van der Waals surface area contributed by atoms with Gasteiger partial charge in [0, 0.05) is 38.3 Å². The largest absolute Gasteiger partial charge is 0.496 e. The van der Waals surface area contributed by atoms with E-state index < -0.39 is 0 Å². The molecule has 0 atom stereocenters. The molecule has 0 saturated carbocycles. The molecule has 0 aliphatic carbocycles. The Morgan fingerprint density at radius 3 is 2.70 bits per heavy atom. The number of hydrogen-bond donors (Lipinski definition) is 1. The van der Waals surface area contributed by atoms with Crippen LogP contribution >= 0.6 is 12.4 Å². The molecule has 0 bridgehead atoms. The molecule has 0 aromatic heterocycles. The lowest BCUT2D eigenvalue weighted by Gasteiger charge is -2.26. The number of hydrogen-bond acceptors (Lipinski definition) is 4. The maximum absolute atomic E-state index is 5.53. The molecule has 3 rings (SSSR count). The van der Waals surface area contributed by atoms with Crippen LogP contribution in [0.1, 0.15) is 5.56 Å². The van der Waals surface area contributed by atoms with Gasteiger partial charge >= 0.3 is 0 Å². The van der Waals surface area contributed by atoms with E-state index in [4.69, 9.17) is 9.47 Å². The van der Waals surface area contributed by atoms with Gasteiger partial charge in [0.15, 0.2) is 0 Å². The Balaban J connectivity index is 0.00000192. The van der Waals surface area contributed by atoms with Crippen molar-refractivity contribution in [2.45, 2.75) is 6.54 Å². The van der Waals surface area contributed by atoms with Gasteiger partial charge in [-0.25, -0.2) is 0 Å². The highest BCUT2D eigenvalue weighted by Gasteiger charge is 2.10. The van der Waals surface area contributed by atoms with Gasteiger partial charge in [0.25, 0.3) is 0 Å². The molecule has 1 N–H and O–H groups in total. The zero-order chi connectivity index (χ0) is 15.2. The summed E-state index contributed by atoms with van der Waals surface area (Å²) in [5, 5.41) is 6.08. The summed E-state index contributed by atoms with van der Waals surface area (Å²) in [7, 11) is 1.74. The minimum absolute atomic E-state index is 0. The second-order valence-electron chi connectivity index (χ2n) is 5.60. The Labute approximate surface area is 144 Å². The van der Waals surface area contributed by atoms with Gasteiger partial charge in [0.1, 0.15) is 5.75 Å². The van der Waals surface area contributed by atoms with Crippen LogP contribution in [0.2, 0.25) is 0 Å². The molecule has 4 nitrogen and oxygen atoms in total. The van der Waals surface area contributed by atoms with Gasteiger partial charge in [-0.3, -0.25) is 4.90 Å². The number of morpholine rings is 1. The van der Waals surface area contributed by atoms with E-state index >= 15 is 0 Å². The van der Waals surface area contributed by atoms with E-state index in [1.165, 1.54) is 16.3 Å². The van der Waals surface area contributed by atoms with Crippen LogP contribution < -0.4 is 10.1 Å². The predicted octanol–water partition coefficient (Wildman–Crippen LogP) is 2.69. The number of nitrogens with zero attached hydrogens (tertiary/aromatic N) is 1. The molecule has 0 amide bonds. The fourth-order valence-corrected chi connectivity index (χ4v) is 2.96. The molecule has 0 spiro atoms. The van der Waals surface area contributed by atoms with Crippen molar-refractivity contribution in [3.63, 3.8) is 0 Å². The van der Waals surface area contributed by atoms with Gasteiger partial charge in [-0.15, -0.1) is 12.4 Å². The van der Waals surface area contributed by atoms with Gasteiger partial charge in [-0.05, 0) is 16.8 Å². The molecule has 1 heterocycles. The number of methoxy groups -OCH3 is 1. The third-order valence-electron chi connectivity index (χ3n) is 4.23. The summed E-state index contributed by atoms with van der Waals surface area (Å²) in [4.78, 5) is 2.44. The topological polar surface area (TPSA) is 33.7 Å². The number of nitrogens with one attached hydrogen (secondary N) is 1. The average Bonchev–Trinajstić information content (AvgIpc) is 2.59. The van der Waals surface area contributed by atoms with E-state index in [2.05, 4.69) is 46.6 Å². The number of halogens is 1. The molecule has 0 radical (unpaired) electrons. The first-order valence-electron chi connectivity index (χ1n) is 7.94. The van der Waals surface area contributed by atoms with Crippen LogP contribution in [0.4, 0.5) is 0 Å². The van der Waals surface area contributed by atoms with Crippen molar-refractivity contribution in [2.75, 3.05) is 46.5 Å². The van der Waals surface area contributed by atoms with Crippen LogP contribution in [0.25, 0.3) is 10.8 Å². The van der Waals surface area contributed by atoms with E-state index in [0.717, 1.165) is 51.7 Å². The molecule has 5 heteroatoms. The van der Waals surface area contributed by atoms with Crippen LogP contribution in [-0.4, -0.2) is 51.4 Å². The van der Waals surface area contributed by atoms with Gasteiger partial charge in [0.05, 0.1) is 20.3 Å². The third-order valence-corrected chi connectivity index (χ3v) is 4.23. The number of ether oxygens (including phenoxy) is 2. The summed E-state index contributed by atoms with van der Waals surface area (Å²) in [6.45, 7) is 6.67. The predicted molar refractivity (Wildman–Crippen MR) is 96.7 cm³/mol. The zero-order valence-electron chi connectivity index (χ0n) is 13.6. The van der Waals surface area contributed by atoms with Crippen molar-refractivity contribution in [1.29, 1.82) is 0 Å². The van der Waals surface area contributed by atoms with Gasteiger partial charge in [-0.1, -0.05) is 30.3 Å². The van der Waals surface area contributed by atoms with E-state index in [0.29, 0.717) is 0 Å². The van der Waals surface area contributed by atoms with Crippen molar-refractivity contribution in [3.05, 3.63) is 42.0 Å². The number of rotatable bonds is 6. The van der Waals surface area contributed by atoms with Crippen LogP contribution in [-0.2, 0) is 11.3 Å². The molecule has 1 aliphatic rings. The Hall–Kier alpha value is -1.33. The summed E-state index contributed by atoms with van der Waals surface area (Å²) < 4.78 is 10.9. The molecular weight excluding hydrogens is 312 g/mol. The molecular formula is C18H25ClN2O2. The monoisotopic (exact) mass is 336 g/mol. The molecule has 2 aromatic rings. The normalized spacial score (nSPS) is 15.3. The first-order chi connectivity index (χ1) is 10.9. The van der Waals surface area contributed by atoms with Crippen molar-refractivity contribution in [3.8, 4) is 5.75 Å². The molecule has 1 aliphatic heterocycles. The van der Waals surface area contributed by atoms with Gasteiger partial charge < -0.3 is 14.8 Å². The van der Waals surface area contributed by atoms with Crippen molar-refractivity contribution in [2.24, 2.45) is 0 Å². The smallest absolute Gasteiger partial charge is 0.123 e. The maximum Gasteiger partial charge on any atom is 0.123 e. The molecule has 2 aromatic carbocycles. The fraction of sp³-hybridized carbons (Fsp3) is 0.444. The van der Waals surface area contributed by atoms with Crippen LogP contribution in [0.3, 0.4) is 0 Å². The number of benzene rings is 2. The summed E-state index contributed by atoms with van der Waals surface area (Å²) in [5.74, 6) is 0.956. The standard InChI is InChI=1S/C18H24N2O2.ClH/c1-21-18-7-6-15-4-2-3-5-16(15)17(18)14-19-8-9-20-10-12-22-13-11-20;/h2-7,19H,8-14H2,1H3;1H. The Kier molecular flexibility index (Phi) is 7.12. The average molecular weight is 337 g/mol. The summed E-state index contributed by atoms with van der Waals surface area (Å²) >= 11 is 0. The van der Waals surface area contributed by atoms with Gasteiger partial charge in [0.2, 0.25) is 0 Å². The summed E-state index contributed by atoms with van der Waals surface area (Å²) in [6.07, 6.45) is 0. The zero-order valence-corrected chi connectivity index (χ0v) is 14.4. The lowest BCUT2D eigenvalue weighted by Crippen LogP contribution is -2.40. The second kappa shape index (κ2) is 9.08. The SMILES string of the molecule is COc1ccc2ccccc2c1CNCCN1CCOCC1.Cl. The first-order valence-corrected chi connectivity index (χ1v) is 7.94. The maximum atomic E-state index is 5.53. The minimum atomic E-state index is 0. The molecule has 1 fully saturated rings. The first kappa shape index (κ1) is 18.0. The van der Waals surface area contributed by atoms with Crippen molar-refractivity contribution in [1.82, 2.24) is 10.2 Å². The Morgan fingerprint density at radius 2 is 1.91 bits per heavy atom. The van der Waals surface area contributed by atoms with E-state index in [1.54, 1.807) is 7.11 Å². The molecule has 1 saturated heterocycles. The molecule has 23 heavy (non-hydrogen) atoms. The highest BCUT2D eigenvalue weighted by molar-refractivity contribution is 5.87. The highest BCUT2D eigenvalue weighted by Crippen LogP contribution is 2.27. The second-order valence-corrected chi connectivity index (χ2v) is 5.60. The van der Waals surface area contributed by atoms with E-state index in [1.807, 2.05) is 0 Å². The minimum Gasteiger partial charge on any atom is -0.496 e. The highest BCUT2D eigenvalue weighted by atomic mass is 35.5. The molecule has 126 valence electrons. The summed E-state index contributed by atoms with van der Waals surface area (Å²) in [6, 6.07) is 12.6. The number of fused-ring (bicyclic) bond motifs is 1. The van der Waals surface area contributed by atoms with Crippen LogP contribution in [0.5, 0.6) is 5.75 Å². The van der Waals surface area contributed by atoms with Gasteiger partial charge in [-0.2, -0.15) is 0 Å². The van der Waals surface area contributed by atoms with Crippen LogP contribution in [0.15, 0.2) is 36.4 Å². The lowest BCUT2D eigenvalue weighted by molar-refractivity contribution is 0.0384. The van der Waals surface area contributed by atoms with Crippen LogP contribution in [0, 0.1) is 0 Å². The fourth-order valence-electron chi connectivity index (χ4n) is 2.96. The quantitative estimate of drug-likeness (QED) is 0.822. The third kappa shape index (κ3) is 4.58. The lowest BCUT2D eigenvalue weighted by atomic mass is 10.0. The Morgan fingerprint density at radius 1 is 1.13 bits per heavy atom. The van der Waals surface area contributed by atoms with E-state index in [-0.39, 0.29) is 12.4 Å². The summed E-state index contributed by atoms with van der Waals surface area (Å²) in [5.41, 5.74) is 1.24. The van der Waals surface area contributed by atoms with Crippen molar-refractivity contribution >= 4 is 23.2 Å². The molecule has 0 unspecified atom stereocenters.